The third-order valence-corrected chi connectivity index (χ3v) is 11.6. The van der Waals surface area contributed by atoms with Crippen molar-refractivity contribution in [3.63, 3.8) is 0 Å². The number of nitriles is 1. The van der Waals surface area contributed by atoms with Gasteiger partial charge in [-0.1, -0.05) is 17.7 Å². The zero-order valence-corrected chi connectivity index (χ0v) is 28.7. The molecule has 0 spiro atoms. The molecule has 51 heavy (non-hydrogen) atoms. The van der Waals surface area contributed by atoms with Crippen molar-refractivity contribution in [1.29, 1.82) is 5.26 Å². The summed E-state index contributed by atoms with van der Waals surface area (Å²) in [5, 5.41) is 10.1. The van der Waals surface area contributed by atoms with E-state index in [1.807, 2.05) is 6.07 Å². The normalized spacial score (nSPS) is 23.3. The van der Waals surface area contributed by atoms with E-state index in [1.54, 1.807) is 7.05 Å². The molecule has 11 nitrogen and oxygen atoms in total. The van der Waals surface area contributed by atoms with Crippen molar-refractivity contribution in [2.45, 2.75) is 43.2 Å². The summed E-state index contributed by atoms with van der Waals surface area (Å²) in [7, 11) is 1.58. The molecule has 0 bridgehead atoms. The molecule has 2 N–H and O–H groups in total. The number of carbonyl (C=O) groups is 1. The van der Waals surface area contributed by atoms with Gasteiger partial charge in [-0.05, 0) is 37.1 Å². The number of ether oxygens (including phenoxy) is 1. The van der Waals surface area contributed by atoms with Crippen LogP contribution in [0.2, 0.25) is 5.02 Å². The number of benzene rings is 2. The fourth-order valence-corrected chi connectivity index (χ4v) is 9.10. The first-order chi connectivity index (χ1) is 24.5. The van der Waals surface area contributed by atoms with Gasteiger partial charge in [0.2, 0.25) is 0 Å². The van der Waals surface area contributed by atoms with Gasteiger partial charge < -0.3 is 20.3 Å². The van der Waals surface area contributed by atoms with Crippen molar-refractivity contribution in [3.05, 3.63) is 59.1 Å². The summed E-state index contributed by atoms with van der Waals surface area (Å²) in [6.07, 6.45) is 3.58. The Hall–Kier alpha value is -4.72. The number of hydrogen-bond donors (Lipinski definition) is 1. The monoisotopic (exact) mass is 739 g/mol. The molecule has 3 aliphatic rings. The third-order valence-electron chi connectivity index (χ3n) is 10.3. The summed E-state index contributed by atoms with van der Waals surface area (Å²) >= 11 is 7.67. The van der Waals surface area contributed by atoms with Gasteiger partial charge in [0.1, 0.15) is 53.5 Å². The van der Waals surface area contributed by atoms with E-state index in [-0.39, 0.29) is 85.6 Å². The number of imidazole rings is 1. The summed E-state index contributed by atoms with van der Waals surface area (Å²) in [5.74, 6) is -1.46. The van der Waals surface area contributed by atoms with Gasteiger partial charge in [-0.2, -0.15) is 15.2 Å². The van der Waals surface area contributed by atoms with Gasteiger partial charge >= 0.3 is 12.0 Å². The van der Waals surface area contributed by atoms with Crippen LogP contribution in [-0.4, -0.2) is 99.1 Å². The molecule has 3 fully saturated rings. The maximum atomic E-state index is 17.0. The van der Waals surface area contributed by atoms with Gasteiger partial charge in [-0.3, -0.25) is 9.47 Å². The zero-order valence-electron chi connectivity index (χ0n) is 27.1. The molecule has 3 aliphatic heterocycles. The third kappa shape index (κ3) is 5.40. The Balaban J connectivity index is 1.25. The molecule has 264 valence electrons. The Morgan fingerprint density at radius 3 is 2.84 bits per heavy atom. The molecule has 3 aromatic heterocycles. The SMILES string of the molecule is CN(c1nc(OC[C@@]23CCCN2C[C@H](F)C3)nc2c(F)c(-c3ccc(F)c4sc(N)c(C#N)c34)c(Cl)cc12)C1CN(C(=O)n2ccnc2)CC1F. The lowest BCUT2D eigenvalue weighted by atomic mass is 9.95. The second-order valence-electron chi connectivity index (χ2n) is 13.2. The van der Waals surface area contributed by atoms with Crippen LogP contribution in [0.25, 0.3) is 32.1 Å². The molecular weight excluding hydrogens is 710 g/mol. The molecule has 6 heterocycles. The van der Waals surface area contributed by atoms with E-state index in [0.29, 0.717) is 13.0 Å². The number of nitrogens with two attached hydrogens (primary N) is 1. The summed E-state index contributed by atoms with van der Waals surface area (Å²) < 4.78 is 69.8. The molecule has 0 saturated carbocycles. The number of carbonyl (C=O) groups excluding carboxylic acids is 1. The number of nitrogens with zero attached hydrogens (tertiary/aromatic N) is 8. The predicted octanol–water partition coefficient (Wildman–Crippen LogP) is 6.18. The molecule has 4 atom stereocenters. The first kappa shape index (κ1) is 33.4. The highest BCUT2D eigenvalue weighted by atomic mass is 35.5. The Kier molecular flexibility index (Phi) is 8.19. The van der Waals surface area contributed by atoms with E-state index in [0.717, 1.165) is 30.4 Å². The Morgan fingerprint density at radius 2 is 2.08 bits per heavy atom. The van der Waals surface area contributed by atoms with Crippen molar-refractivity contribution >= 4 is 60.8 Å². The molecular formula is C34H30ClF4N9O2S. The van der Waals surface area contributed by atoms with E-state index in [4.69, 9.17) is 22.1 Å². The van der Waals surface area contributed by atoms with E-state index >= 15 is 8.78 Å². The van der Waals surface area contributed by atoms with Crippen molar-refractivity contribution in [1.82, 2.24) is 29.3 Å². The number of fused-ring (bicyclic) bond motifs is 3. The highest BCUT2D eigenvalue weighted by molar-refractivity contribution is 7.23. The van der Waals surface area contributed by atoms with Crippen molar-refractivity contribution in [2.75, 3.05) is 50.5 Å². The minimum atomic E-state index is -1.51. The van der Waals surface area contributed by atoms with Crippen LogP contribution in [0.15, 0.2) is 36.9 Å². The van der Waals surface area contributed by atoms with E-state index < -0.39 is 41.6 Å². The lowest BCUT2D eigenvalue weighted by Gasteiger charge is -2.31. The summed E-state index contributed by atoms with van der Waals surface area (Å²) in [5.41, 5.74) is 5.22. The number of aromatic nitrogens is 4. The molecule has 0 radical (unpaired) electrons. The first-order valence-electron chi connectivity index (χ1n) is 16.3. The molecule has 2 unspecified atom stereocenters. The summed E-state index contributed by atoms with van der Waals surface area (Å²) in [6.45, 7) is 0.844. The Morgan fingerprint density at radius 1 is 1.25 bits per heavy atom. The fraction of sp³-hybridized carbons (Fsp3) is 0.382. The predicted molar refractivity (Wildman–Crippen MR) is 185 cm³/mol. The quantitative estimate of drug-likeness (QED) is 0.203. The number of thiophene rings is 1. The largest absolute Gasteiger partial charge is 0.461 e. The Labute approximate surface area is 297 Å². The van der Waals surface area contributed by atoms with Crippen molar-refractivity contribution < 1.29 is 27.1 Å². The first-order valence-corrected chi connectivity index (χ1v) is 17.5. The van der Waals surface area contributed by atoms with Gasteiger partial charge in [0.15, 0.2) is 5.82 Å². The van der Waals surface area contributed by atoms with Crippen LogP contribution in [-0.2, 0) is 0 Å². The standard InChI is InChI=1S/C34H30ClF4N9O2S/c1-45(24-14-47(13-23(24)38)33(49)46-8-6-42-16-46)31-19-9-21(35)26(18-3-4-22(37)29-25(18)20(11-40)30(41)51-29)27(39)28(19)43-32(44-31)50-15-34-5-2-7-48(34)12-17(36)10-34/h3-4,6,8-9,16-17,23-24H,2,5,7,10,12-15,41H2,1H3/t17-,23?,24?,34+/m1/s1. The fourth-order valence-electron chi connectivity index (χ4n) is 7.86. The topological polar surface area (TPSA) is 129 Å². The van der Waals surface area contributed by atoms with Crippen LogP contribution in [0, 0.1) is 23.0 Å². The minimum Gasteiger partial charge on any atom is -0.461 e. The zero-order chi connectivity index (χ0) is 35.8. The van der Waals surface area contributed by atoms with Crippen molar-refractivity contribution in [2.24, 2.45) is 0 Å². The van der Waals surface area contributed by atoms with Crippen LogP contribution in [0.5, 0.6) is 6.01 Å². The molecule has 0 aliphatic carbocycles. The highest BCUT2D eigenvalue weighted by Gasteiger charge is 2.49. The van der Waals surface area contributed by atoms with E-state index in [2.05, 4.69) is 19.9 Å². The molecule has 8 rings (SSSR count). The number of hydrogen-bond acceptors (Lipinski definition) is 10. The number of anilines is 2. The van der Waals surface area contributed by atoms with Gasteiger partial charge in [0.25, 0.3) is 0 Å². The molecule has 1 amide bonds. The maximum absolute atomic E-state index is 17.0. The van der Waals surface area contributed by atoms with Crippen LogP contribution in [0.4, 0.5) is 33.2 Å². The van der Waals surface area contributed by atoms with Crippen LogP contribution in [0.1, 0.15) is 24.8 Å². The maximum Gasteiger partial charge on any atom is 0.329 e. The number of amides is 1. The molecule has 17 heteroatoms. The summed E-state index contributed by atoms with van der Waals surface area (Å²) in [4.78, 5) is 30.9. The van der Waals surface area contributed by atoms with Crippen LogP contribution < -0.4 is 15.4 Å². The van der Waals surface area contributed by atoms with Crippen molar-refractivity contribution in [3.8, 4) is 23.2 Å². The molecule has 2 aromatic carbocycles. The lowest BCUT2D eigenvalue weighted by Crippen LogP contribution is -2.43. The van der Waals surface area contributed by atoms with Gasteiger partial charge in [0.05, 0.1) is 33.4 Å². The molecule has 5 aromatic rings. The van der Waals surface area contributed by atoms with Gasteiger partial charge in [-0.25, -0.2) is 27.3 Å². The number of halogens is 5. The van der Waals surface area contributed by atoms with E-state index in [1.165, 1.54) is 45.2 Å². The number of likely N-dealkylation sites (N-methyl/N-ethyl adjacent to an activating group) is 1. The van der Waals surface area contributed by atoms with Gasteiger partial charge in [0, 0.05) is 55.3 Å². The smallest absolute Gasteiger partial charge is 0.329 e. The van der Waals surface area contributed by atoms with Gasteiger partial charge in [-0.15, -0.1) is 11.3 Å². The highest BCUT2D eigenvalue weighted by Crippen LogP contribution is 2.46. The minimum absolute atomic E-state index is 0.0136. The Bertz CT molecular complexity index is 2250. The average Bonchev–Trinajstić information content (AvgIpc) is 3.93. The number of rotatable bonds is 6. The lowest BCUT2D eigenvalue weighted by molar-refractivity contribution is 0.107. The van der Waals surface area contributed by atoms with Crippen LogP contribution >= 0.6 is 22.9 Å². The average molecular weight is 740 g/mol. The number of nitrogen functional groups attached to an aromatic ring is 1. The number of likely N-dealkylation sites (tertiary alicyclic amines) is 1. The second-order valence-corrected chi connectivity index (χ2v) is 14.7. The summed E-state index contributed by atoms with van der Waals surface area (Å²) in [6, 6.07) is 4.31. The number of alkyl halides is 2. The second kappa shape index (κ2) is 12.5. The van der Waals surface area contributed by atoms with E-state index in [9.17, 15) is 18.8 Å². The molecule has 3 saturated heterocycles. The van der Waals surface area contributed by atoms with Crippen LogP contribution in [0.3, 0.4) is 0 Å².